The minimum Gasteiger partial charge on any atom is -0.462 e. The van der Waals surface area contributed by atoms with Crippen molar-refractivity contribution in [1.29, 1.82) is 0 Å². The second-order valence-corrected chi connectivity index (χ2v) is 12.1. The lowest BCUT2D eigenvalue weighted by atomic mass is 10.1. The number of carbonyl (C=O) groups excluding carboxylic acids is 3. The van der Waals surface area contributed by atoms with Gasteiger partial charge >= 0.3 is 5.97 Å². The molecule has 0 bridgehead atoms. The largest absolute Gasteiger partial charge is 0.462 e. The summed E-state index contributed by atoms with van der Waals surface area (Å²) in [4.78, 5) is 39.8. The molecule has 0 saturated heterocycles. The fraction of sp³-hybridized carbons (Fsp3) is 0.367. The SMILES string of the molecule is CCOC(=O)c1c(NC(=O)CSc2nnc(CNC(=O)c3ccco3)n2-c2cc(C)ccc2C)sc2c1CCCCC2. The fourth-order valence-electron chi connectivity index (χ4n) is 4.91. The predicted octanol–water partition coefficient (Wildman–Crippen LogP) is 5.65. The van der Waals surface area contributed by atoms with E-state index < -0.39 is 5.97 Å². The lowest BCUT2D eigenvalue weighted by Gasteiger charge is -2.14. The average molecular weight is 608 g/mol. The van der Waals surface area contributed by atoms with Crippen LogP contribution in [0.1, 0.15) is 74.5 Å². The number of ether oxygens (including phenoxy) is 1. The molecule has 0 fully saturated rings. The summed E-state index contributed by atoms with van der Waals surface area (Å²) in [6, 6.07) is 9.28. The summed E-state index contributed by atoms with van der Waals surface area (Å²) in [6.07, 6.45) is 6.35. The maximum absolute atomic E-state index is 13.2. The molecule has 1 aromatic carbocycles. The number of anilines is 1. The van der Waals surface area contributed by atoms with E-state index in [1.165, 1.54) is 29.4 Å². The quantitative estimate of drug-likeness (QED) is 0.135. The average Bonchev–Trinajstić information content (AvgIpc) is 3.68. The Labute approximate surface area is 252 Å². The van der Waals surface area contributed by atoms with Crippen LogP contribution in [0.3, 0.4) is 0 Å². The van der Waals surface area contributed by atoms with Crippen molar-refractivity contribution in [3.05, 3.63) is 75.3 Å². The Kier molecular flexibility index (Phi) is 9.43. The summed E-state index contributed by atoms with van der Waals surface area (Å²) in [5.74, 6) is -0.256. The number of thioether (sulfide) groups is 1. The number of hydrogen-bond donors (Lipinski definition) is 2. The van der Waals surface area contributed by atoms with E-state index in [1.807, 2.05) is 36.6 Å². The molecule has 10 nitrogen and oxygen atoms in total. The first-order chi connectivity index (χ1) is 20.4. The lowest BCUT2D eigenvalue weighted by Crippen LogP contribution is -2.24. The molecule has 0 unspecified atom stereocenters. The number of thiophene rings is 1. The van der Waals surface area contributed by atoms with Gasteiger partial charge in [0.2, 0.25) is 5.91 Å². The van der Waals surface area contributed by atoms with Gasteiger partial charge in [0, 0.05) is 4.88 Å². The van der Waals surface area contributed by atoms with Gasteiger partial charge in [-0.15, -0.1) is 21.5 Å². The van der Waals surface area contributed by atoms with Crippen molar-refractivity contribution >= 4 is 45.9 Å². The molecule has 0 atom stereocenters. The van der Waals surface area contributed by atoms with Crippen LogP contribution in [0.5, 0.6) is 0 Å². The summed E-state index contributed by atoms with van der Waals surface area (Å²) in [7, 11) is 0. The summed E-state index contributed by atoms with van der Waals surface area (Å²) in [5, 5.41) is 15.6. The third kappa shape index (κ3) is 6.60. The van der Waals surface area contributed by atoms with Gasteiger partial charge in [0.1, 0.15) is 5.00 Å². The highest BCUT2D eigenvalue weighted by Gasteiger charge is 2.27. The fourth-order valence-corrected chi connectivity index (χ4v) is 6.96. The van der Waals surface area contributed by atoms with Gasteiger partial charge in [-0.2, -0.15) is 0 Å². The molecule has 2 N–H and O–H groups in total. The van der Waals surface area contributed by atoms with E-state index in [9.17, 15) is 14.4 Å². The Morgan fingerprint density at radius 1 is 1.12 bits per heavy atom. The van der Waals surface area contributed by atoms with Gasteiger partial charge in [-0.3, -0.25) is 14.2 Å². The molecule has 1 aliphatic rings. The molecule has 3 heterocycles. The van der Waals surface area contributed by atoms with E-state index in [2.05, 4.69) is 20.8 Å². The molecule has 4 aromatic rings. The number of carbonyl (C=O) groups is 3. The molecule has 5 rings (SSSR count). The number of esters is 1. The molecule has 0 saturated carbocycles. The highest BCUT2D eigenvalue weighted by molar-refractivity contribution is 7.99. The van der Waals surface area contributed by atoms with Crippen molar-refractivity contribution in [2.24, 2.45) is 0 Å². The van der Waals surface area contributed by atoms with Crippen LogP contribution in [0.2, 0.25) is 0 Å². The first kappa shape index (κ1) is 29.6. The minimum absolute atomic E-state index is 0.0482. The Balaban J connectivity index is 1.36. The molecule has 0 aliphatic heterocycles. The molecular weight excluding hydrogens is 574 g/mol. The lowest BCUT2D eigenvalue weighted by molar-refractivity contribution is -0.113. The van der Waals surface area contributed by atoms with Gasteiger partial charge in [-0.05, 0) is 81.3 Å². The number of nitrogens with zero attached hydrogens (tertiary/aromatic N) is 3. The molecule has 12 heteroatoms. The van der Waals surface area contributed by atoms with Gasteiger partial charge in [-0.1, -0.05) is 30.3 Å². The van der Waals surface area contributed by atoms with Gasteiger partial charge in [0.05, 0.1) is 36.4 Å². The molecule has 1 aliphatic carbocycles. The van der Waals surface area contributed by atoms with Gasteiger partial charge in [0.15, 0.2) is 16.7 Å². The molecule has 220 valence electrons. The number of aryl methyl sites for hydroxylation is 3. The smallest absolute Gasteiger partial charge is 0.341 e. The zero-order valence-electron chi connectivity index (χ0n) is 23.8. The Morgan fingerprint density at radius 3 is 2.74 bits per heavy atom. The van der Waals surface area contributed by atoms with Crippen LogP contribution in [0.15, 0.2) is 46.2 Å². The third-order valence-corrected chi connectivity index (χ3v) is 9.08. The molecule has 3 aromatic heterocycles. The Morgan fingerprint density at radius 2 is 1.95 bits per heavy atom. The summed E-state index contributed by atoms with van der Waals surface area (Å²) >= 11 is 2.71. The van der Waals surface area contributed by atoms with Crippen molar-refractivity contribution in [2.45, 2.75) is 64.6 Å². The maximum atomic E-state index is 13.2. The Bertz CT molecular complexity index is 1590. The number of furan rings is 1. The van der Waals surface area contributed by atoms with E-state index >= 15 is 0 Å². The van der Waals surface area contributed by atoms with E-state index in [-0.39, 0.29) is 36.5 Å². The summed E-state index contributed by atoms with van der Waals surface area (Å²) < 4.78 is 12.4. The molecule has 42 heavy (non-hydrogen) atoms. The first-order valence-corrected chi connectivity index (χ1v) is 15.7. The zero-order chi connectivity index (χ0) is 29.6. The normalized spacial score (nSPS) is 12.8. The number of hydrogen-bond acceptors (Lipinski definition) is 9. The number of amides is 2. The number of benzene rings is 1. The monoisotopic (exact) mass is 607 g/mol. The van der Waals surface area contributed by atoms with Crippen LogP contribution in [0, 0.1) is 13.8 Å². The molecular formula is C30H33N5O5S2. The standard InChI is InChI=1S/C30H33N5O5S2/c1-4-39-29(38)26-20-9-6-5-7-11-23(20)42-28(26)32-25(36)17-41-30-34-33-24(16-31-27(37)22-10-8-14-40-22)35(30)21-15-18(2)12-13-19(21)3/h8,10,12-15H,4-7,9,11,16-17H2,1-3H3,(H,31,37)(H,32,36). The summed E-state index contributed by atoms with van der Waals surface area (Å²) in [5.41, 5.74) is 4.40. The molecule has 0 spiro atoms. The highest BCUT2D eigenvalue weighted by atomic mass is 32.2. The van der Waals surface area contributed by atoms with Crippen LogP contribution in [-0.2, 0) is 28.9 Å². The number of nitrogens with one attached hydrogen (secondary N) is 2. The predicted molar refractivity (Wildman–Crippen MR) is 162 cm³/mol. The Hall–Kier alpha value is -3.90. The van der Waals surface area contributed by atoms with Crippen molar-refractivity contribution < 1.29 is 23.5 Å². The van der Waals surface area contributed by atoms with Crippen LogP contribution < -0.4 is 10.6 Å². The van der Waals surface area contributed by atoms with E-state index in [1.54, 1.807) is 19.1 Å². The second-order valence-electron chi connectivity index (χ2n) is 10.0. The number of rotatable bonds is 10. The van der Waals surface area contributed by atoms with E-state index in [0.29, 0.717) is 21.5 Å². The summed E-state index contributed by atoms with van der Waals surface area (Å²) in [6.45, 7) is 6.14. The maximum Gasteiger partial charge on any atom is 0.341 e. The van der Waals surface area contributed by atoms with E-state index in [0.717, 1.165) is 59.4 Å². The highest BCUT2D eigenvalue weighted by Crippen LogP contribution is 2.38. The number of aromatic nitrogens is 3. The van der Waals surface area contributed by atoms with Crippen molar-refractivity contribution in [3.8, 4) is 5.69 Å². The van der Waals surface area contributed by atoms with Crippen LogP contribution in [0.25, 0.3) is 5.69 Å². The zero-order valence-corrected chi connectivity index (χ0v) is 25.5. The van der Waals surface area contributed by atoms with Gasteiger partial charge in [-0.25, -0.2) is 4.79 Å². The van der Waals surface area contributed by atoms with Crippen molar-refractivity contribution in [3.63, 3.8) is 0 Å². The van der Waals surface area contributed by atoms with Gasteiger partial charge in [0.25, 0.3) is 5.91 Å². The second kappa shape index (κ2) is 13.4. The van der Waals surface area contributed by atoms with Crippen molar-refractivity contribution in [1.82, 2.24) is 20.1 Å². The van der Waals surface area contributed by atoms with Gasteiger partial charge < -0.3 is 19.8 Å². The van der Waals surface area contributed by atoms with Crippen molar-refractivity contribution in [2.75, 3.05) is 17.7 Å². The topological polar surface area (TPSA) is 128 Å². The minimum atomic E-state index is -0.393. The number of fused-ring (bicyclic) bond motifs is 1. The molecule has 2 amide bonds. The third-order valence-electron chi connectivity index (χ3n) is 6.94. The van der Waals surface area contributed by atoms with Crippen LogP contribution in [0.4, 0.5) is 5.00 Å². The van der Waals surface area contributed by atoms with Crippen LogP contribution in [-0.4, -0.2) is 44.9 Å². The van der Waals surface area contributed by atoms with Crippen LogP contribution >= 0.6 is 23.1 Å². The molecule has 0 radical (unpaired) electrons. The first-order valence-electron chi connectivity index (χ1n) is 13.9. The van der Waals surface area contributed by atoms with E-state index in [4.69, 9.17) is 9.15 Å².